The largest absolute Gasteiger partial charge is 0.308 e. The van der Waals surface area contributed by atoms with Gasteiger partial charge in [0.2, 0.25) is 0 Å². The van der Waals surface area contributed by atoms with Crippen LogP contribution in [0.15, 0.2) is 11.6 Å². The molecule has 0 aromatic heterocycles. The first-order valence-electron chi connectivity index (χ1n) is 4.18. The first kappa shape index (κ1) is 11.0. The summed E-state index contributed by atoms with van der Waals surface area (Å²) in [4.78, 5) is 0. The van der Waals surface area contributed by atoms with Crippen LogP contribution in [-0.2, 0) is 0 Å². The third-order valence-corrected chi connectivity index (χ3v) is 2.47. The van der Waals surface area contributed by atoms with Crippen LogP contribution in [0.3, 0.4) is 0 Å². The molecule has 0 aliphatic carbocycles. The van der Waals surface area contributed by atoms with Gasteiger partial charge in [0.1, 0.15) is 0 Å². The van der Waals surface area contributed by atoms with Gasteiger partial charge in [0.05, 0.1) is 0 Å². The zero-order valence-electron chi connectivity index (χ0n) is 7.65. The van der Waals surface area contributed by atoms with E-state index in [2.05, 4.69) is 26.1 Å². The molecule has 0 bridgehead atoms. The Morgan fingerprint density at radius 2 is 1.91 bits per heavy atom. The van der Waals surface area contributed by atoms with Crippen molar-refractivity contribution in [3.8, 4) is 0 Å². The summed E-state index contributed by atoms with van der Waals surface area (Å²) in [6, 6.07) is 0. The van der Waals surface area contributed by atoms with Crippen molar-refractivity contribution >= 4 is 11.6 Å². The van der Waals surface area contributed by atoms with Crippen molar-refractivity contribution in [3.05, 3.63) is 11.6 Å². The fourth-order valence-electron chi connectivity index (χ4n) is 0.850. The standard InChI is InChI=1S/C9H18ClN/c1-4-9(3,5-2)11-8-6-7-10/h6-7,11H,4-5,8H2,1-3H3/b7-6+. The van der Waals surface area contributed by atoms with Crippen LogP contribution in [0.4, 0.5) is 0 Å². The van der Waals surface area contributed by atoms with Gasteiger partial charge in [-0.3, -0.25) is 0 Å². The Hall–Kier alpha value is -0.0100. The SMILES string of the molecule is CCC(C)(CC)NC/C=C/Cl. The van der Waals surface area contributed by atoms with Crippen LogP contribution < -0.4 is 5.32 Å². The second-order valence-electron chi connectivity index (χ2n) is 3.01. The Balaban J connectivity index is 3.68. The number of rotatable bonds is 5. The molecule has 0 aromatic carbocycles. The maximum Gasteiger partial charge on any atom is 0.0151 e. The van der Waals surface area contributed by atoms with E-state index in [1.165, 1.54) is 0 Å². The minimum Gasteiger partial charge on any atom is -0.308 e. The first-order valence-corrected chi connectivity index (χ1v) is 4.62. The van der Waals surface area contributed by atoms with Crippen molar-refractivity contribution in [2.75, 3.05) is 6.54 Å². The molecular formula is C9H18ClN. The zero-order valence-corrected chi connectivity index (χ0v) is 8.41. The quantitative estimate of drug-likeness (QED) is 0.678. The molecule has 66 valence electrons. The smallest absolute Gasteiger partial charge is 0.0151 e. The van der Waals surface area contributed by atoms with Crippen molar-refractivity contribution in [2.24, 2.45) is 0 Å². The summed E-state index contributed by atoms with van der Waals surface area (Å²) in [5.74, 6) is 0. The molecule has 0 atom stereocenters. The lowest BCUT2D eigenvalue weighted by Crippen LogP contribution is -2.41. The Morgan fingerprint density at radius 3 is 2.27 bits per heavy atom. The van der Waals surface area contributed by atoms with Crippen molar-refractivity contribution in [3.63, 3.8) is 0 Å². The lowest BCUT2D eigenvalue weighted by Gasteiger charge is -2.27. The zero-order chi connectivity index (χ0) is 8.74. The van der Waals surface area contributed by atoms with Crippen molar-refractivity contribution in [1.29, 1.82) is 0 Å². The molecular weight excluding hydrogens is 158 g/mol. The summed E-state index contributed by atoms with van der Waals surface area (Å²) in [7, 11) is 0. The maximum atomic E-state index is 5.40. The topological polar surface area (TPSA) is 12.0 Å². The van der Waals surface area contributed by atoms with E-state index in [9.17, 15) is 0 Å². The molecule has 0 fully saturated rings. The van der Waals surface area contributed by atoms with Crippen LogP contribution in [0, 0.1) is 0 Å². The monoisotopic (exact) mass is 175 g/mol. The highest BCUT2D eigenvalue weighted by Crippen LogP contribution is 2.12. The summed E-state index contributed by atoms with van der Waals surface area (Å²) in [6.07, 6.45) is 4.23. The molecule has 0 aliphatic heterocycles. The average molecular weight is 176 g/mol. The molecule has 1 N–H and O–H groups in total. The van der Waals surface area contributed by atoms with Gasteiger partial charge >= 0.3 is 0 Å². The van der Waals surface area contributed by atoms with Gasteiger partial charge in [0.25, 0.3) is 0 Å². The number of hydrogen-bond acceptors (Lipinski definition) is 1. The molecule has 1 nitrogen and oxygen atoms in total. The Kier molecular flexibility index (Phi) is 5.61. The minimum atomic E-state index is 0.274. The molecule has 0 unspecified atom stereocenters. The lowest BCUT2D eigenvalue weighted by molar-refractivity contribution is 0.346. The summed E-state index contributed by atoms with van der Waals surface area (Å²) in [5, 5.41) is 3.43. The van der Waals surface area contributed by atoms with E-state index in [-0.39, 0.29) is 5.54 Å². The van der Waals surface area contributed by atoms with E-state index >= 15 is 0 Å². The van der Waals surface area contributed by atoms with Gasteiger partial charge < -0.3 is 5.32 Å². The van der Waals surface area contributed by atoms with Gasteiger partial charge in [-0.05, 0) is 19.8 Å². The van der Waals surface area contributed by atoms with Gasteiger partial charge in [-0.25, -0.2) is 0 Å². The van der Waals surface area contributed by atoms with Gasteiger partial charge in [-0.15, -0.1) is 0 Å². The molecule has 11 heavy (non-hydrogen) atoms. The van der Waals surface area contributed by atoms with Gasteiger partial charge in [0, 0.05) is 17.6 Å². The molecule has 0 heterocycles. The Morgan fingerprint density at radius 1 is 1.36 bits per heavy atom. The summed E-state index contributed by atoms with van der Waals surface area (Å²) < 4.78 is 0. The molecule has 0 aliphatic rings. The predicted octanol–water partition coefficient (Wildman–Crippen LogP) is 2.91. The predicted molar refractivity (Wildman–Crippen MR) is 52.0 cm³/mol. The average Bonchev–Trinajstić information content (AvgIpc) is 2.05. The summed E-state index contributed by atoms with van der Waals surface area (Å²) in [5.41, 5.74) is 1.83. The van der Waals surface area contributed by atoms with E-state index in [1.54, 1.807) is 5.54 Å². The third-order valence-electron chi connectivity index (χ3n) is 2.30. The molecule has 0 amide bonds. The van der Waals surface area contributed by atoms with E-state index in [1.807, 2.05) is 6.08 Å². The van der Waals surface area contributed by atoms with Gasteiger partial charge in [-0.1, -0.05) is 31.5 Å². The fourth-order valence-corrected chi connectivity index (χ4v) is 0.939. The highest BCUT2D eigenvalue weighted by Gasteiger charge is 2.16. The maximum absolute atomic E-state index is 5.40. The Bertz CT molecular complexity index is 117. The van der Waals surface area contributed by atoms with Crippen molar-refractivity contribution < 1.29 is 0 Å². The van der Waals surface area contributed by atoms with Gasteiger partial charge in [-0.2, -0.15) is 0 Å². The molecule has 0 saturated carbocycles. The highest BCUT2D eigenvalue weighted by atomic mass is 35.5. The van der Waals surface area contributed by atoms with Crippen LogP contribution in [0.5, 0.6) is 0 Å². The van der Waals surface area contributed by atoms with Crippen LogP contribution in [0.1, 0.15) is 33.6 Å². The lowest BCUT2D eigenvalue weighted by atomic mass is 9.96. The third kappa shape index (κ3) is 4.44. The molecule has 0 aromatic rings. The summed E-state index contributed by atoms with van der Waals surface area (Å²) in [6.45, 7) is 7.48. The molecule has 0 rings (SSSR count). The first-order chi connectivity index (χ1) is 5.18. The molecule has 0 radical (unpaired) electrons. The van der Waals surface area contributed by atoms with E-state index < -0.39 is 0 Å². The summed E-state index contributed by atoms with van der Waals surface area (Å²) >= 11 is 5.40. The minimum absolute atomic E-state index is 0.274. The molecule has 0 spiro atoms. The van der Waals surface area contributed by atoms with E-state index in [0.29, 0.717) is 0 Å². The Labute approximate surface area is 74.8 Å². The second-order valence-corrected chi connectivity index (χ2v) is 3.26. The van der Waals surface area contributed by atoms with Crippen molar-refractivity contribution in [1.82, 2.24) is 5.32 Å². The number of nitrogens with one attached hydrogen (secondary N) is 1. The van der Waals surface area contributed by atoms with Crippen LogP contribution in [-0.4, -0.2) is 12.1 Å². The fraction of sp³-hybridized carbons (Fsp3) is 0.778. The normalized spacial score (nSPS) is 12.7. The molecule has 0 saturated heterocycles. The van der Waals surface area contributed by atoms with Crippen LogP contribution >= 0.6 is 11.6 Å². The van der Waals surface area contributed by atoms with Crippen LogP contribution in [0.25, 0.3) is 0 Å². The highest BCUT2D eigenvalue weighted by molar-refractivity contribution is 6.25. The van der Waals surface area contributed by atoms with Crippen LogP contribution in [0.2, 0.25) is 0 Å². The molecule has 2 heteroatoms. The van der Waals surface area contributed by atoms with E-state index in [4.69, 9.17) is 11.6 Å². The number of hydrogen-bond donors (Lipinski definition) is 1. The van der Waals surface area contributed by atoms with E-state index in [0.717, 1.165) is 19.4 Å². The number of halogens is 1. The second kappa shape index (κ2) is 5.62. The van der Waals surface area contributed by atoms with Crippen molar-refractivity contribution in [2.45, 2.75) is 39.2 Å². The van der Waals surface area contributed by atoms with Gasteiger partial charge in [0.15, 0.2) is 0 Å².